The third kappa shape index (κ3) is 7.08. The first-order valence-electron chi connectivity index (χ1n) is 16.2. The minimum absolute atomic E-state index is 0.270. The minimum atomic E-state index is -0.906. The van der Waals surface area contributed by atoms with Gasteiger partial charge in [-0.25, -0.2) is 4.39 Å². The Morgan fingerprint density at radius 2 is 1.70 bits per heavy atom. The van der Waals surface area contributed by atoms with Gasteiger partial charge in [0.2, 0.25) is 11.8 Å². The lowest BCUT2D eigenvalue weighted by molar-refractivity contribution is -0.123. The van der Waals surface area contributed by atoms with Crippen molar-refractivity contribution in [2.45, 2.75) is 64.9 Å². The Kier molecular flexibility index (Phi) is 10.7. The largest absolute Gasteiger partial charge is 0.505 e. The Morgan fingerprint density at radius 1 is 0.978 bits per heavy atom. The van der Waals surface area contributed by atoms with E-state index in [2.05, 4.69) is 12.2 Å². The molecule has 2 aliphatic rings. The Hall–Kier alpha value is -4.27. The van der Waals surface area contributed by atoms with Gasteiger partial charge < -0.3 is 20.6 Å². The number of carbonyl (C=O) groups is 2. The van der Waals surface area contributed by atoms with Gasteiger partial charge in [-0.05, 0) is 91.8 Å². The van der Waals surface area contributed by atoms with Crippen LogP contribution in [0.15, 0.2) is 89.5 Å². The van der Waals surface area contributed by atoms with Gasteiger partial charge in [-0.15, -0.1) is 0 Å². The average molecular weight is 627 g/mol. The van der Waals surface area contributed by atoms with E-state index in [1.54, 1.807) is 18.2 Å². The van der Waals surface area contributed by atoms with E-state index in [-0.39, 0.29) is 18.4 Å². The number of nitrogens with zero attached hydrogens (tertiary/aromatic N) is 1. The molecular weight excluding hydrogens is 583 g/mol. The monoisotopic (exact) mass is 626 g/mol. The number of anilines is 3. The van der Waals surface area contributed by atoms with Crippen molar-refractivity contribution in [3.63, 3.8) is 0 Å². The van der Waals surface area contributed by atoms with Crippen molar-refractivity contribution >= 4 is 35.0 Å². The van der Waals surface area contributed by atoms with E-state index in [1.807, 2.05) is 55.5 Å². The summed E-state index contributed by atoms with van der Waals surface area (Å²) in [7, 11) is 0. The van der Waals surface area contributed by atoms with E-state index < -0.39 is 35.4 Å². The number of amides is 2. The average Bonchev–Trinajstić information content (AvgIpc) is 3.30. The fourth-order valence-corrected chi connectivity index (χ4v) is 7.05. The number of phenolic OH excluding ortho intramolecular Hbond substituents is 1. The van der Waals surface area contributed by atoms with Crippen LogP contribution in [0.25, 0.3) is 6.08 Å². The van der Waals surface area contributed by atoms with Crippen molar-refractivity contribution in [1.29, 1.82) is 0 Å². The second-order valence-corrected chi connectivity index (χ2v) is 12.3. The van der Waals surface area contributed by atoms with Crippen molar-refractivity contribution in [2.75, 3.05) is 16.8 Å². The van der Waals surface area contributed by atoms with Crippen LogP contribution >= 0.6 is 0 Å². The molecule has 0 aromatic heterocycles. The molecule has 8 heteroatoms. The number of rotatable bonds is 13. The van der Waals surface area contributed by atoms with Crippen LogP contribution in [0.5, 0.6) is 5.75 Å². The number of halogens is 1. The van der Waals surface area contributed by atoms with Gasteiger partial charge in [-0.1, -0.05) is 68.2 Å². The zero-order chi connectivity index (χ0) is 32.8. The summed E-state index contributed by atoms with van der Waals surface area (Å²) in [5.74, 6) is -3.72. The van der Waals surface area contributed by atoms with Crippen LogP contribution in [-0.2, 0) is 9.59 Å². The molecule has 0 spiro atoms. The standard InChI is InChI=1S/C38H43FN2O5/c1-3-8-24(20-25-13-18-33(43)32(39)21-25)12-19-34(44)35-26(9-4-2)22-30-36(31(35)23-42)38(46)41(37(30)45)29-16-14-28(15-17-29)40-27-10-6-5-7-11-27/h5-7,10-11,13-18,20-21,30-31,34,36,40,42-44H,3-4,8-9,12,19,22-23H2,1-2H3/b24-20+/t30-,31+,34-,36-/m1/s1. The van der Waals surface area contributed by atoms with Crippen LogP contribution in [0.4, 0.5) is 21.5 Å². The van der Waals surface area contributed by atoms with Crippen LogP contribution < -0.4 is 10.2 Å². The van der Waals surface area contributed by atoms with E-state index in [0.717, 1.165) is 41.8 Å². The summed E-state index contributed by atoms with van der Waals surface area (Å²) in [5, 5.41) is 35.2. The van der Waals surface area contributed by atoms with E-state index in [4.69, 9.17) is 0 Å². The number of para-hydroxylation sites is 1. The molecule has 7 nitrogen and oxygen atoms in total. The van der Waals surface area contributed by atoms with Gasteiger partial charge in [-0.3, -0.25) is 14.5 Å². The summed E-state index contributed by atoms with van der Waals surface area (Å²) in [6.07, 6.45) is 5.35. The lowest BCUT2D eigenvalue weighted by Crippen LogP contribution is -2.39. The molecule has 0 radical (unpaired) electrons. The zero-order valence-electron chi connectivity index (χ0n) is 26.5. The number of aromatic hydroxyl groups is 1. The van der Waals surface area contributed by atoms with Crippen molar-refractivity contribution in [3.05, 3.63) is 101 Å². The van der Waals surface area contributed by atoms with Gasteiger partial charge in [0.25, 0.3) is 0 Å². The van der Waals surface area contributed by atoms with Gasteiger partial charge in [0, 0.05) is 17.3 Å². The number of fused-ring (bicyclic) bond motifs is 1. The number of aliphatic hydroxyl groups excluding tert-OH is 2. The number of phenols is 1. The SMILES string of the molecule is CCCC1=C([C@H](O)CC/C(=C/c2ccc(O)c(F)c2)CCC)[C@H](CO)[C@@H]2C(=O)N(c3ccc(Nc4ccccc4)cc3)C(=O)[C@@H]2C1. The second kappa shape index (κ2) is 14.9. The number of hydrogen-bond acceptors (Lipinski definition) is 6. The molecule has 242 valence electrons. The molecule has 1 heterocycles. The summed E-state index contributed by atoms with van der Waals surface area (Å²) < 4.78 is 14.0. The summed E-state index contributed by atoms with van der Waals surface area (Å²) >= 11 is 0. The molecule has 5 rings (SSSR count). The van der Waals surface area contributed by atoms with Crippen molar-refractivity contribution in [1.82, 2.24) is 0 Å². The third-order valence-corrected chi connectivity index (χ3v) is 9.13. The van der Waals surface area contributed by atoms with Gasteiger partial charge >= 0.3 is 0 Å². The molecule has 0 saturated carbocycles. The second-order valence-electron chi connectivity index (χ2n) is 12.3. The van der Waals surface area contributed by atoms with Gasteiger partial charge in [-0.2, -0.15) is 0 Å². The molecule has 1 fully saturated rings. The fourth-order valence-electron chi connectivity index (χ4n) is 7.05. The first-order valence-corrected chi connectivity index (χ1v) is 16.2. The normalized spacial score (nSPS) is 20.7. The van der Waals surface area contributed by atoms with Crippen molar-refractivity contribution in [2.24, 2.45) is 17.8 Å². The maximum absolute atomic E-state index is 14.0. The molecule has 2 amide bonds. The maximum Gasteiger partial charge on any atom is 0.238 e. The zero-order valence-corrected chi connectivity index (χ0v) is 26.5. The highest BCUT2D eigenvalue weighted by molar-refractivity contribution is 6.22. The lowest BCUT2D eigenvalue weighted by atomic mass is 9.67. The molecule has 0 unspecified atom stereocenters. The van der Waals surface area contributed by atoms with E-state index in [0.29, 0.717) is 42.5 Å². The van der Waals surface area contributed by atoms with E-state index in [9.17, 15) is 29.3 Å². The van der Waals surface area contributed by atoms with Crippen molar-refractivity contribution in [3.8, 4) is 5.75 Å². The first-order chi connectivity index (χ1) is 22.2. The Balaban J connectivity index is 1.36. The highest BCUT2D eigenvalue weighted by atomic mass is 19.1. The third-order valence-electron chi connectivity index (χ3n) is 9.13. The molecule has 4 atom stereocenters. The van der Waals surface area contributed by atoms with Crippen molar-refractivity contribution < 1.29 is 29.3 Å². The topological polar surface area (TPSA) is 110 Å². The number of carbonyl (C=O) groups excluding carboxylic acids is 2. The number of imide groups is 1. The maximum atomic E-state index is 14.0. The fraction of sp³-hybridized carbons (Fsp3) is 0.368. The molecule has 0 bridgehead atoms. The van der Waals surface area contributed by atoms with Crippen LogP contribution in [-0.4, -0.2) is 39.8 Å². The minimum Gasteiger partial charge on any atom is -0.505 e. The number of aliphatic hydroxyl groups is 2. The molecule has 3 aromatic carbocycles. The lowest BCUT2D eigenvalue weighted by Gasteiger charge is -2.36. The number of nitrogens with one attached hydrogen (secondary N) is 1. The smallest absolute Gasteiger partial charge is 0.238 e. The predicted molar refractivity (Wildman–Crippen MR) is 179 cm³/mol. The number of hydrogen-bond donors (Lipinski definition) is 4. The number of benzene rings is 3. The van der Waals surface area contributed by atoms with E-state index >= 15 is 0 Å². The Labute approximate surface area is 270 Å². The Bertz CT molecular complexity index is 1600. The molecule has 1 aliphatic heterocycles. The summed E-state index contributed by atoms with van der Waals surface area (Å²) in [5.41, 5.74) is 5.52. The van der Waals surface area contributed by atoms with Gasteiger partial charge in [0.15, 0.2) is 11.6 Å². The molecule has 46 heavy (non-hydrogen) atoms. The van der Waals surface area contributed by atoms with E-state index in [1.165, 1.54) is 17.0 Å². The molecule has 1 aliphatic carbocycles. The number of allylic oxidation sites excluding steroid dienone is 2. The molecule has 4 N–H and O–H groups in total. The molecule has 3 aromatic rings. The molecule has 1 saturated heterocycles. The summed E-state index contributed by atoms with van der Waals surface area (Å²) in [6, 6.07) is 21.1. The Morgan fingerprint density at radius 3 is 2.35 bits per heavy atom. The summed E-state index contributed by atoms with van der Waals surface area (Å²) in [4.78, 5) is 29.0. The van der Waals surface area contributed by atoms with Gasteiger partial charge in [0.05, 0.1) is 30.2 Å². The molecular formula is C38H43FN2O5. The van der Waals surface area contributed by atoms with Crippen LogP contribution in [0, 0.1) is 23.6 Å². The van der Waals surface area contributed by atoms with Crippen LogP contribution in [0.2, 0.25) is 0 Å². The highest BCUT2D eigenvalue weighted by Gasteiger charge is 2.55. The first kappa shape index (κ1) is 33.1. The van der Waals surface area contributed by atoms with Gasteiger partial charge in [0.1, 0.15) is 0 Å². The highest BCUT2D eigenvalue weighted by Crippen LogP contribution is 2.48. The van der Waals surface area contributed by atoms with Crippen LogP contribution in [0.1, 0.15) is 64.4 Å². The van der Waals surface area contributed by atoms with Crippen LogP contribution in [0.3, 0.4) is 0 Å². The summed E-state index contributed by atoms with van der Waals surface area (Å²) in [6.45, 7) is 3.74. The predicted octanol–water partition coefficient (Wildman–Crippen LogP) is 7.51. The quantitative estimate of drug-likeness (QED) is 0.115.